The summed E-state index contributed by atoms with van der Waals surface area (Å²) in [7, 11) is 0. The van der Waals surface area contributed by atoms with Crippen molar-refractivity contribution in [2.45, 2.75) is 82.3 Å². The number of tetrazole rings is 1. The van der Waals surface area contributed by atoms with Crippen LogP contribution in [0.25, 0.3) is 5.70 Å². The lowest BCUT2D eigenvalue weighted by Gasteiger charge is -2.42. The first-order chi connectivity index (χ1) is 22.2. The molecule has 3 aliphatic carbocycles. The summed E-state index contributed by atoms with van der Waals surface area (Å²) in [5.74, 6) is 2.05. The van der Waals surface area contributed by atoms with E-state index in [4.69, 9.17) is 16.7 Å². The van der Waals surface area contributed by atoms with Crippen LogP contribution in [0.3, 0.4) is 0 Å². The molecular formula is C35H43N9O2. The molecule has 1 aliphatic heterocycles. The molecule has 11 nitrogen and oxygen atoms in total. The average Bonchev–Trinajstić information content (AvgIpc) is 3.36. The van der Waals surface area contributed by atoms with Gasteiger partial charge in [-0.3, -0.25) is 9.59 Å². The molecule has 0 bridgehead atoms. The number of nitrogens with two attached hydrogens (primary N) is 2. The number of benzene rings is 2. The van der Waals surface area contributed by atoms with Crippen LogP contribution in [0.15, 0.2) is 43.0 Å². The van der Waals surface area contributed by atoms with Gasteiger partial charge in [0.25, 0.3) is 0 Å². The molecular weight excluding hydrogens is 578 g/mol. The maximum absolute atomic E-state index is 12.0. The van der Waals surface area contributed by atoms with Crippen molar-refractivity contribution in [2.24, 2.45) is 29.2 Å². The van der Waals surface area contributed by atoms with Gasteiger partial charge in [0.2, 0.25) is 12.3 Å². The van der Waals surface area contributed by atoms with Gasteiger partial charge in [0.05, 0.1) is 11.5 Å². The molecule has 1 saturated heterocycles. The Bertz CT molecular complexity index is 1590. The van der Waals surface area contributed by atoms with E-state index < -0.39 is 11.3 Å². The van der Waals surface area contributed by atoms with E-state index in [1.807, 2.05) is 24.3 Å². The smallest absolute Gasteiger partial charge is 0.248 e. The van der Waals surface area contributed by atoms with Crippen molar-refractivity contribution in [3.05, 3.63) is 82.2 Å². The normalized spacial score (nSPS) is 26.5. The van der Waals surface area contributed by atoms with Crippen LogP contribution in [0.2, 0.25) is 0 Å². The van der Waals surface area contributed by atoms with E-state index in [9.17, 15) is 9.59 Å². The summed E-state index contributed by atoms with van der Waals surface area (Å²) >= 11 is 0. The Labute approximate surface area is 269 Å². The average molecular weight is 622 g/mol. The zero-order valence-electron chi connectivity index (χ0n) is 26.6. The van der Waals surface area contributed by atoms with E-state index in [2.05, 4.69) is 64.6 Å². The number of hydrogen-bond acceptors (Lipinski definition) is 8. The molecule has 1 aromatic heterocycles. The summed E-state index contributed by atoms with van der Waals surface area (Å²) in [6, 6.07) is 14.8. The highest BCUT2D eigenvalue weighted by Gasteiger charge is 2.58. The van der Waals surface area contributed by atoms with Gasteiger partial charge < -0.3 is 21.7 Å². The molecule has 2 saturated carbocycles. The number of rotatable bonds is 9. The zero-order valence-corrected chi connectivity index (χ0v) is 26.6. The number of aromatic amines is 1. The lowest BCUT2D eigenvalue weighted by Crippen LogP contribution is -2.46. The minimum absolute atomic E-state index is 0.140. The lowest BCUT2D eigenvalue weighted by atomic mass is 9.64. The van der Waals surface area contributed by atoms with Crippen LogP contribution >= 0.6 is 0 Å². The van der Waals surface area contributed by atoms with Gasteiger partial charge in [-0.2, -0.15) is 10.5 Å². The van der Waals surface area contributed by atoms with Crippen LogP contribution in [-0.4, -0.2) is 62.5 Å². The van der Waals surface area contributed by atoms with Crippen LogP contribution in [0.1, 0.15) is 90.0 Å². The third-order valence-corrected chi connectivity index (χ3v) is 10.9. The van der Waals surface area contributed by atoms with Crippen molar-refractivity contribution < 1.29 is 9.59 Å². The van der Waals surface area contributed by atoms with Crippen molar-refractivity contribution in [3.8, 4) is 6.07 Å². The maximum Gasteiger partial charge on any atom is 0.248 e. The van der Waals surface area contributed by atoms with Crippen LogP contribution < -0.4 is 16.8 Å². The topological polar surface area (TPSA) is 180 Å². The van der Waals surface area contributed by atoms with Crippen LogP contribution in [0.4, 0.5) is 0 Å². The zero-order chi connectivity index (χ0) is 32.6. The minimum Gasteiger partial charge on any atom is -0.399 e. The highest BCUT2D eigenvalue weighted by atomic mass is 16.1. The second-order valence-corrected chi connectivity index (χ2v) is 13.3. The van der Waals surface area contributed by atoms with E-state index >= 15 is 0 Å². The van der Waals surface area contributed by atoms with E-state index in [0.717, 1.165) is 60.9 Å². The van der Waals surface area contributed by atoms with E-state index in [1.165, 1.54) is 24.8 Å². The number of fused-ring (bicyclic) bond motifs is 3. The molecule has 2 aromatic carbocycles. The van der Waals surface area contributed by atoms with Crippen LogP contribution in [-0.2, 0) is 23.1 Å². The fourth-order valence-electron chi connectivity index (χ4n) is 8.16. The van der Waals surface area contributed by atoms with Gasteiger partial charge in [0, 0.05) is 23.3 Å². The monoisotopic (exact) mass is 621 g/mol. The number of H-pyrrole nitrogens is 1. The Morgan fingerprint density at radius 1 is 1.20 bits per heavy atom. The number of aryl methyl sites for hydroxylation is 2. The Kier molecular flexibility index (Phi) is 8.66. The van der Waals surface area contributed by atoms with Gasteiger partial charge in [-0.15, -0.1) is 10.2 Å². The van der Waals surface area contributed by atoms with Crippen LogP contribution in [0.5, 0.6) is 0 Å². The number of aromatic nitrogens is 4. The number of primary amides is 1. The second kappa shape index (κ2) is 12.7. The Morgan fingerprint density at radius 2 is 1.87 bits per heavy atom. The number of carbonyl (C=O) groups excluding carboxylic acids is 2. The largest absolute Gasteiger partial charge is 0.399 e. The third kappa shape index (κ3) is 5.45. The predicted octanol–water partition coefficient (Wildman–Crippen LogP) is 3.20. The standard InChI is InChI=1S/C27H33N7O.C8H10N2O/c1-3-30-24(17-5-4-6-17)15-27(26-31-33-34-32-26)22-11-9-18(16(2)28)13-19(22)7-8-20-14-21(25(29)35)10-12-23(20)27;1-5-7-2-6(3-9)10(4-11)8(5)7/h9-14,17,24,30H,2-8,15,28H2,1H3,(H2,29,35)(H,31,32,33,34);4-8H,2H2,1H3. The van der Waals surface area contributed by atoms with Gasteiger partial charge in [-0.1, -0.05) is 50.3 Å². The van der Waals surface area contributed by atoms with Gasteiger partial charge in [-0.05, 0) is 109 Å². The quantitative estimate of drug-likeness (QED) is 0.263. The first-order valence-electron chi connectivity index (χ1n) is 16.3. The number of carbonyl (C=O) groups is 2. The number of piperidine rings is 1. The molecule has 6 N–H and O–H groups in total. The summed E-state index contributed by atoms with van der Waals surface area (Å²) in [6.45, 7) is 9.12. The van der Waals surface area contributed by atoms with Crippen molar-refractivity contribution in [2.75, 3.05) is 6.54 Å². The molecule has 3 aromatic rings. The highest BCUT2D eigenvalue weighted by Crippen LogP contribution is 2.52. The molecule has 2 amide bonds. The molecule has 7 rings (SSSR count). The van der Waals surface area contributed by atoms with E-state index in [1.54, 1.807) is 4.90 Å². The highest BCUT2D eigenvalue weighted by molar-refractivity contribution is 5.93. The summed E-state index contributed by atoms with van der Waals surface area (Å²) in [5.41, 5.74) is 17.6. The third-order valence-electron chi connectivity index (χ3n) is 10.9. The molecule has 0 spiro atoms. The molecule has 3 fully saturated rings. The number of likely N-dealkylation sites (tertiary alicyclic amines) is 1. The number of nitrogens with zero attached hydrogens (tertiary/aromatic N) is 5. The molecule has 0 radical (unpaired) electrons. The number of nitrogens with one attached hydrogen (secondary N) is 2. The first-order valence-corrected chi connectivity index (χ1v) is 16.3. The lowest BCUT2D eigenvalue weighted by molar-refractivity contribution is -0.119. The van der Waals surface area contributed by atoms with E-state index in [0.29, 0.717) is 40.9 Å². The van der Waals surface area contributed by atoms with E-state index in [-0.39, 0.29) is 12.1 Å². The van der Waals surface area contributed by atoms with Gasteiger partial charge >= 0.3 is 0 Å². The second-order valence-electron chi connectivity index (χ2n) is 13.3. The van der Waals surface area contributed by atoms with Crippen molar-refractivity contribution in [1.29, 1.82) is 5.26 Å². The molecule has 2 heterocycles. The number of amides is 2. The summed E-state index contributed by atoms with van der Waals surface area (Å²) in [6.07, 6.45) is 7.74. The summed E-state index contributed by atoms with van der Waals surface area (Å²) in [4.78, 5) is 24.3. The number of nitriles is 1. The fourth-order valence-corrected chi connectivity index (χ4v) is 8.16. The van der Waals surface area contributed by atoms with Crippen molar-refractivity contribution >= 4 is 18.0 Å². The summed E-state index contributed by atoms with van der Waals surface area (Å²) in [5, 5.41) is 28.2. The van der Waals surface area contributed by atoms with Crippen molar-refractivity contribution in [3.63, 3.8) is 0 Å². The summed E-state index contributed by atoms with van der Waals surface area (Å²) < 4.78 is 0. The molecule has 6 unspecified atom stereocenters. The maximum atomic E-state index is 12.0. The molecule has 4 aliphatic rings. The fraction of sp³-hybridized carbons (Fsp3) is 0.486. The van der Waals surface area contributed by atoms with Crippen LogP contribution in [0, 0.1) is 29.1 Å². The molecule has 46 heavy (non-hydrogen) atoms. The van der Waals surface area contributed by atoms with Gasteiger partial charge in [0.15, 0.2) is 5.82 Å². The van der Waals surface area contributed by atoms with Crippen molar-refractivity contribution in [1.82, 2.24) is 30.8 Å². The molecule has 6 atom stereocenters. The predicted molar refractivity (Wildman–Crippen MR) is 174 cm³/mol. The SMILES string of the molecule is C=C(N)c1ccc2c(c1)CCc1cc(C(N)=O)ccc1C2(CC(NCC)C1CCC1)c1nn[nH]n1.CC1C2CC(C#N)N(C=O)C12. The number of hydrogen-bond donors (Lipinski definition) is 4. The molecule has 240 valence electrons. The first kappa shape index (κ1) is 31.4. The van der Waals surface area contributed by atoms with Gasteiger partial charge in [0.1, 0.15) is 6.04 Å². The minimum atomic E-state index is -0.652. The Morgan fingerprint density at radius 3 is 2.39 bits per heavy atom. The molecule has 11 heteroatoms. The Balaban J connectivity index is 0.000000283. The Hall–Kier alpha value is -4.56. The van der Waals surface area contributed by atoms with Gasteiger partial charge in [-0.25, -0.2) is 0 Å².